The van der Waals surface area contributed by atoms with Gasteiger partial charge in [0.2, 0.25) is 17.7 Å². The quantitative estimate of drug-likeness (QED) is 0.602. The van der Waals surface area contributed by atoms with E-state index in [1.54, 1.807) is 11.9 Å². The summed E-state index contributed by atoms with van der Waals surface area (Å²) in [7, 11) is 1.77. The lowest BCUT2D eigenvalue weighted by atomic mass is 9.95. The summed E-state index contributed by atoms with van der Waals surface area (Å²) in [6, 6.07) is 17.8. The van der Waals surface area contributed by atoms with Crippen LogP contribution >= 0.6 is 0 Å². The Morgan fingerprint density at radius 1 is 1.17 bits per heavy atom. The third-order valence-electron chi connectivity index (χ3n) is 5.67. The number of hydrogen-bond donors (Lipinski definition) is 0. The molecule has 0 radical (unpaired) electrons. The zero-order valence-corrected chi connectivity index (χ0v) is 17.3. The molecule has 1 aliphatic heterocycles. The molecule has 2 aromatic carbocycles. The number of piperidine rings is 1. The van der Waals surface area contributed by atoms with E-state index >= 15 is 0 Å². The summed E-state index contributed by atoms with van der Waals surface area (Å²) in [6.45, 7) is 1.50. The summed E-state index contributed by atoms with van der Waals surface area (Å²) in [5.74, 6) is 0.541. The minimum absolute atomic E-state index is 0.0396. The minimum atomic E-state index is -0.172. The van der Waals surface area contributed by atoms with Gasteiger partial charge in [-0.2, -0.15) is 0 Å². The van der Waals surface area contributed by atoms with Gasteiger partial charge in [-0.1, -0.05) is 42.5 Å². The third kappa shape index (κ3) is 4.70. The maximum absolute atomic E-state index is 13.0. The zero-order chi connectivity index (χ0) is 20.9. The number of rotatable bonds is 7. The molecule has 0 bridgehead atoms. The van der Waals surface area contributed by atoms with E-state index in [1.165, 1.54) is 5.56 Å². The highest BCUT2D eigenvalue weighted by Crippen LogP contribution is 2.22. The van der Waals surface area contributed by atoms with Crippen molar-refractivity contribution >= 4 is 22.9 Å². The van der Waals surface area contributed by atoms with E-state index < -0.39 is 0 Å². The smallest absolute Gasteiger partial charge is 0.227 e. The number of amides is 2. The van der Waals surface area contributed by atoms with Crippen LogP contribution in [0.2, 0.25) is 0 Å². The first-order chi connectivity index (χ1) is 14.6. The van der Waals surface area contributed by atoms with Gasteiger partial charge in [0.05, 0.1) is 12.5 Å². The third-order valence-corrected chi connectivity index (χ3v) is 5.67. The normalized spacial score (nSPS) is 16.8. The number of para-hydroxylation sites is 2. The van der Waals surface area contributed by atoms with Crippen molar-refractivity contribution in [3.05, 3.63) is 66.1 Å². The Labute approximate surface area is 176 Å². The molecule has 3 aromatic rings. The van der Waals surface area contributed by atoms with E-state index in [1.807, 2.05) is 47.4 Å². The molecule has 4 rings (SSSR count). The molecule has 2 heterocycles. The highest BCUT2D eigenvalue weighted by molar-refractivity contribution is 5.83. The number of nitrogens with zero attached hydrogens (tertiary/aromatic N) is 3. The average molecular weight is 405 g/mol. The summed E-state index contributed by atoms with van der Waals surface area (Å²) in [5, 5.41) is 0. The largest absolute Gasteiger partial charge is 0.439 e. The molecular weight excluding hydrogens is 378 g/mol. The van der Waals surface area contributed by atoms with Gasteiger partial charge in [0.1, 0.15) is 5.52 Å². The van der Waals surface area contributed by atoms with Gasteiger partial charge < -0.3 is 14.2 Å². The van der Waals surface area contributed by atoms with Crippen molar-refractivity contribution in [1.82, 2.24) is 14.8 Å². The molecule has 1 atom stereocenters. The molecule has 6 heteroatoms. The fourth-order valence-electron chi connectivity index (χ4n) is 4.03. The second-order valence-electron chi connectivity index (χ2n) is 7.93. The first-order valence-electron chi connectivity index (χ1n) is 10.5. The number of hydrogen-bond acceptors (Lipinski definition) is 4. The van der Waals surface area contributed by atoms with Gasteiger partial charge in [-0.3, -0.25) is 9.59 Å². The SMILES string of the molecule is CN(Cc1nc2ccccc2o1)C(=O)[C@H]1CCC(=O)N(CCCc2ccccc2)C1. The number of aromatic nitrogens is 1. The zero-order valence-electron chi connectivity index (χ0n) is 17.3. The van der Waals surface area contributed by atoms with Crippen molar-refractivity contribution < 1.29 is 14.0 Å². The van der Waals surface area contributed by atoms with Crippen LogP contribution in [0.1, 0.15) is 30.7 Å². The first kappa shape index (κ1) is 20.1. The van der Waals surface area contributed by atoms with Crippen molar-refractivity contribution in [2.75, 3.05) is 20.1 Å². The predicted octanol–water partition coefficient (Wildman–Crippen LogP) is 3.66. The molecule has 0 aliphatic carbocycles. The maximum Gasteiger partial charge on any atom is 0.227 e. The standard InChI is InChI=1S/C24H27N3O3/c1-26(17-22-25-20-11-5-6-12-21(20)30-22)24(29)19-13-14-23(28)27(16-19)15-7-10-18-8-3-2-4-9-18/h2-6,8-9,11-12,19H,7,10,13-17H2,1H3/t19-/m0/s1. The average Bonchev–Trinajstić information content (AvgIpc) is 3.17. The number of carbonyl (C=O) groups is 2. The fraction of sp³-hybridized carbons (Fsp3) is 0.375. The van der Waals surface area contributed by atoms with E-state index in [0.29, 0.717) is 38.4 Å². The molecule has 1 fully saturated rings. The molecule has 1 aliphatic rings. The number of likely N-dealkylation sites (tertiary alicyclic amines) is 1. The van der Waals surface area contributed by atoms with Gasteiger partial charge in [-0.25, -0.2) is 4.98 Å². The Morgan fingerprint density at radius 3 is 2.73 bits per heavy atom. The minimum Gasteiger partial charge on any atom is -0.439 e. The summed E-state index contributed by atoms with van der Waals surface area (Å²) in [4.78, 5) is 33.3. The molecule has 6 nitrogen and oxygen atoms in total. The van der Waals surface area contributed by atoms with Crippen molar-refractivity contribution in [1.29, 1.82) is 0 Å². The van der Waals surface area contributed by atoms with Crippen LogP contribution in [0, 0.1) is 5.92 Å². The number of benzene rings is 2. The topological polar surface area (TPSA) is 66.7 Å². The van der Waals surface area contributed by atoms with Gasteiger partial charge in [0, 0.05) is 26.6 Å². The lowest BCUT2D eigenvalue weighted by Crippen LogP contribution is -2.46. The molecule has 0 unspecified atom stereocenters. The van der Waals surface area contributed by atoms with Crippen molar-refractivity contribution in [2.24, 2.45) is 5.92 Å². The Balaban J connectivity index is 1.32. The summed E-state index contributed by atoms with van der Waals surface area (Å²) in [6.07, 6.45) is 2.86. The van der Waals surface area contributed by atoms with E-state index in [4.69, 9.17) is 4.42 Å². The van der Waals surface area contributed by atoms with Gasteiger partial charge in [-0.15, -0.1) is 0 Å². The molecule has 1 saturated heterocycles. The summed E-state index contributed by atoms with van der Waals surface area (Å²) < 4.78 is 5.74. The van der Waals surface area contributed by atoms with Crippen molar-refractivity contribution in [3.63, 3.8) is 0 Å². The molecule has 0 spiro atoms. The van der Waals surface area contributed by atoms with Crippen LogP contribution in [0.25, 0.3) is 11.1 Å². The van der Waals surface area contributed by atoms with Gasteiger partial charge in [-0.05, 0) is 37.0 Å². The van der Waals surface area contributed by atoms with E-state index in [-0.39, 0.29) is 17.7 Å². The fourth-order valence-corrected chi connectivity index (χ4v) is 4.03. The molecule has 2 amide bonds. The number of aryl methyl sites for hydroxylation is 1. The van der Waals surface area contributed by atoms with Gasteiger partial charge in [0.25, 0.3) is 0 Å². The number of oxazole rings is 1. The first-order valence-corrected chi connectivity index (χ1v) is 10.5. The van der Waals surface area contributed by atoms with Crippen LogP contribution < -0.4 is 0 Å². The highest BCUT2D eigenvalue weighted by Gasteiger charge is 2.32. The van der Waals surface area contributed by atoms with E-state index in [0.717, 1.165) is 23.9 Å². The van der Waals surface area contributed by atoms with Crippen LogP contribution in [0.15, 0.2) is 59.0 Å². The van der Waals surface area contributed by atoms with E-state index in [2.05, 4.69) is 17.1 Å². The van der Waals surface area contributed by atoms with Crippen LogP contribution in [0.3, 0.4) is 0 Å². The summed E-state index contributed by atoms with van der Waals surface area (Å²) in [5.41, 5.74) is 2.79. The molecule has 0 N–H and O–H groups in total. The lowest BCUT2D eigenvalue weighted by molar-refractivity contribution is -0.142. The van der Waals surface area contributed by atoms with Crippen LogP contribution in [0.5, 0.6) is 0 Å². The van der Waals surface area contributed by atoms with Crippen LogP contribution in [0.4, 0.5) is 0 Å². The van der Waals surface area contributed by atoms with Gasteiger partial charge in [0.15, 0.2) is 5.58 Å². The summed E-state index contributed by atoms with van der Waals surface area (Å²) >= 11 is 0. The maximum atomic E-state index is 13.0. The van der Waals surface area contributed by atoms with Crippen LogP contribution in [-0.4, -0.2) is 46.7 Å². The van der Waals surface area contributed by atoms with Crippen LogP contribution in [-0.2, 0) is 22.6 Å². The predicted molar refractivity (Wildman–Crippen MR) is 115 cm³/mol. The molecule has 0 saturated carbocycles. The Kier molecular flexibility index (Phi) is 6.12. The Morgan fingerprint density at radius 2 is 1.93 bits per heavy atom. The monoisotopic (exact) mass is 405 g/mol. The second kappa shape index (κ2) is 9.11. The van der Waals surface area contributed by atoms with Crippen molar-refractivity contribution in [3.8, 4) is 0 Å². The Hall–Kier alpha value is -3.15. The van der Waals surface area contributed by atoms with E-state index in [9.17, 15) is 9.59 Å². The van der Waals surface area contributed by atoms with Crippen molar-refractivity contribution in [2.45, 2.75) is 32.2 Å². The highest BCUT2D eigenvalue weighted by atomic mass is 16.3. The lowest BCUT2D eigenvalue weighted by Gasteiger charge is -2.33. The number of carbonyl (C=O) groups excluding carboxylic acids is 2. The Bertz CT molecular complexity index is 982. The number of fused-ring (bicyclic) bond motifs is 1. The van der Waals surface area contributed by atoms with Gasteiger partial charge >= 0.3 is 0 Å². The molecule has 1 aromatic heterocycles. The molecule has 156 valence electrons. The molecular formula is C24H27N3O3. The molecule has 30 heavy (non-hydrogen) atoms. The second-order valence-corrected chi connectivity index (χ2v) is 7.93.